The fourth-order valence-corrected chi connectivity index (χ4v) is 1.86. The molecule has 0 aliphatic heterocycles. The zero-order valence-electron chi connectivity index (χ0n) is 11.5. The maximum Gasteiger partial charge on any atom is 0.164 e. The number of hydrogen-bond donors (Lipinski definition) is 1. The van der Waals surface area contributed by atoms with Crippen molar-refractivity contribution in [1.82, 2.24) is 20.1 Å². The molecule has 1 aromatic carbocycles. The van der Waals surface area contributed by atoms with Gasteiger partial charge in [0.25, 0.3) is 0 Å². The van der Waals surface area contributed by atoms with Crippen molar-refractivity contribution < 1.29 is 4.74 Å². The number of rotatable bonds is 7. The lowest BCUT2D eigenvalue weighted by Crippen LogP contribution is -2.19. The van der Waals surface area contributed by atoms with Gasteiger partial charge in [-0.3, -0.25) is 0 Å². The Morgan fingerprint density at radius 3 is 3.05 bits per heavy atom. The van der Waals surface area contributed by atoms with Gasteiger partial charge >= 0.3 is 0 Å². The lowest BCUT2D eigenvalue weighted by molar-refractivity contribution is 0.199. The average molecular weight is 260 g/mol. The van der Waals surface area contributed by atoms with Crippen LogP contribution in [-0.4, -0.2) is 35.0 Å². The molecule has 1 N–H and O–H groups in total. The van der Waals surface area contributed by atoms with Gasteiger partial charge in [-0.15, -0.1) is 0 Å². The summed E-state index contributed by atoms with van der Waals surface area (Å²) < 4.78 is 6.83. The molecule has 1 aromatic heterocycles. The number of benzene rings is 1. The zero-order chi connectivity index (χ0) is 13.5. The van der Waals surface area contributed by atoms with E-state index in [1.165, 1.54) is 11.1 Å². The van der Waals surface area contributed by atoms with Crippen LogP contribution >= 0.6 is 0 Å². The molecule has 102 valence electrons. The molecule has 0 aliphatic rings. The van der Waals surface area contributed by atoms with E-state index in [9.17, 15) is 0 Å². The van der Waals surface area contributed by atoms with E-state index in [-0.39, 0.29) is 0 Å². The molecule has 0 aliphatic carbocycles. The summed E-state index contributed by atoms with van der Waals surface area (Å²) in [6.45, 7) is 5.03. The largest absolute Gasteiger partial charge is 0.383 e. The van der Waals surface area contributed by atoms with Gasteiger partial charge in [-0.25, -0.2) is 9.67 Å². The summed E-state index contributed by atoms with van der Waals surface area (Å²) in [5, 5.41) is 7.66. The number of ether oxygens (including phenoxy) is 1. The molecule has 0 fully saturated rings. The normalized spacial score (nSPS) is 10.8. The van der Waals surface area contributed by atoms with Gasteiger partial charge in [0.1, 0.15) is 6.33 Å². The summed E-state index contributed by atoms with van der Waals surface area (Å²) in [7, 11) is 1.69. The first kappa shape index (κ1) is 13.7. The van der Waals surface area contributed by atoms with Crippen LogP contribution in [0.1, 0.15) is 17.0 Å². The number of aryl methyl sites for hydroxylation is 1. The Labute approximate surface area is 113 Å². The Morgan fingerprint density at radius 1 is 1.37 bits per heavy atom. The fourth-order valence-electron chi connectivity index (χ4n) is 1.86. The Balaban J connectivity index is 1.87. The van der Waals surface area contributed by atoms with Gasteiger partial charge in [-0.05, 0) is 12.5 Å². The molecule has 0 saturated carbocycles. The van der Waals surface area contributed by atoms with Crippen LogP contribution in [0.4, 0.5) is 0 Å². The van der Waals surface area contributed by atoms with Gasteiger partial charge in [0.15, 0.2) is 5.82 Å². The second-order valence-corrected chi connectivity index (χ2v) is 4.52. The van der Waals surface area contributed by atoms with Crippen LogP contribution < -0.4 is 5.32 Å². The van der Waals surface area contributed by atoms with E-state index < -0.39 is 0 Å². The summed E-state index contributed by atoms with van der Waals surface area (Å²) in [6.07, 6.45) is 1.77. The minimum absolute atomic E-state index is 0.671. The van der Waals surface area contributed by atoms with Gasteiger partial charge < -0.3 is 10.1 Å². The van der Waals surface area contributed by atoms with Crippen LogP contribution in [-0.2, 0) is 17.8 Å². The predicted molar refractivity (Wildman–Crippen MR) is 73.9 cm³/mol. The molecular formula is C14H20N4O. The minimum Gasteiger partial charge on any atom is -0.383 e. The molecule has 0 spiro atoms. The molecule has 1 heterocycles. The average Bonchev–Trinajstić information content (AvgIpc) is 2.82. The number of hydrogen-bond acceptors (Lipinski definition) is 4. The third-order valence-electron chi connectivity index (χ3n) is 2.78. The van der Waals surface area contributed by atoms with E-state index in [2.05, 4.69) is 46.6 Å². The molecule has 5 heteroatoms. The first-order valence-corrected chi connectivity index (χ1v) is 6.41. The Bertz CT molecular complexity index is 510. The number of methoxy groups -OCH3 is 1. The lowest BCUT2D eigenvalue weighted by Gasteiger charge is -2.02. The Kier molecular flexibility index (Phi) is 5.06. The summed E-state index contributed by atoms with van der Waals surface area (Å²) in [5.41, 5.74) is 2.50. The lowest BCUT2D eigenvalue weighted by atomic mass is 10.1. The maximum atomic E-state index is 4.97. The van der Waals surface area contributed by atoms with Crippen molar-refractivity contribution in [3.63, 3.8) is 0 Å². The quantitative estimate of drug-likeness (QED) is 0.764. The summed E-state index contributed by atoms with van der Waals surface area (Å²) in [5.74, 6) is 0.809. The van der Waals surface area contributed by atoms with E-state index >= 15 is 0 Å². The van der Waals surface area contributed by atoms with E-state index in [4.69, 9.17) is 4.74 Å². The van der Waals surface area contributed by atoms with Crippen LogP contribution in [0, 0.1) is 6.92 Å². The molecule has 0 atom stereocenters. The van der Waals surface area contributed by atoms with Crippen molar-refractivity contribution in [3.05, 3.63) is 47.5 Å². The summed E-state index contributed by atoms with van der Waals surface area (Å²) >= 11 is 0. The predicted octanol–water partition coefficient (Wildman–Crippen LogP) is 1.37. The fraction of sp³-hybridized carbons (Fsp3) is 0.429. The first-order valence-electron chi connectivity index (χ1n) is 6.41. The molecule has 0 unspecified atom stereocenters. The monoisotopic (exact) mass is 260 g/mol. The van der Waals surface area contributed by atoms with Crippen molar-refractivity contribution in [3.8, 4) is 0 Å². The van der Waals surface area contributed by atoms with E-state index in [1.54, 1.807) is 13.4 Å². The SMILES string of the molecule is COCCNCc1ncn(Cc2cccc(C)c2)n1. The van der Waals surface area contributed by atoms with Crippen molar-refractivity contribution >= 4 is 0 Å². The molecule has 19 heavy (non-hydrogen) atoms. The maximum absolute atomic E-state index is 4.97. The van der Waals surface area contributed by atoms with Gasteiger partial charge in [-0.1, -0.05) is 29.8 Å². The van der Waals surface area contributed by atoms with E-state index in [0.29, 0.717) is 13.2 Å². The third kappa shape index (κ3) is 4.46. The van der Waals surface area contributed by atoms with Crippen LogP contribution in [0.5, 0.6) is 0 Å². The second-order valence-electron chi connectivity index (χ2n) is 4.52. The van der Waals surface area contributed by atoms with E-state index in [1.807, 2.05) is 4.68 Å². The smallest absolute Gasteiger partial charge is 0.164 e. The second kappa shape index (κ2) is 7.01. The minimum atomic E-state index is 0.671. The van der Waals surface area contributed by atoms with Crippen molar-refractivity contribution in [2.24, 2.45) is 0 Å². The highest BCUT2D eigenvalue weighted by Crippen LogP contribution is 2.05. The van der Waals surface area contributed by atoms with Crippen molar-refractivity contribution in [1.29, 1.82) is 0 Å². The molecule has 2 aromatic rings. The Morgan fingerprint density at radius 2 is 2.26 bits per heavy atom. The van der Waals surface area contributed by atoms with E-state index in [0.717, 1.165) is 18.9 Å². The molecule has 0 saturated heterocycles. The highest BCUT2D eigenvalue weighted by molar-refractivity contribution is 5.22. The molecular weight excluding hydrogens is 240 g/mol. The number of nitrogens with one attached hydrogen (secondary N) is 1. The Hall–Kier alpha value is -1.72. The molecule has 5 nitrogen and oxygen atoms in total. The zero-order valence-corrected chi connectivity index (χ0v) is 11.5. The van der Waals surface area contributed by atoms with Crippen molar-refractivity contribution in [2.45, 2.75) is 20.0 Å². The number of aromatic nitrogens is 3. The van der Waals surface area contributed by atoms with Crippen LogP contribution in [0.2, 0.25) is 0 Å². The highest BCUT2D eigenvalue weighted by atomic mass is 16.5. The van der Waals surface area contributed by atoms with Crippen molar-refractivity contribution in [2.75, 3.05) is 20.3 Å². The molecule has 0 amide bonds. The van der Waals surface area contributed by atoms with Crippen LogP contribution in [0.3, 0.4) is 0 Å². The standard InChI is InChI=1S/C14H20N4O/c1-12-4-3-5-13(8-12)10-18-11-16-14(17-18)9-15-6-7-19-2/h3-5,8,11,15H,6-7,9-10H2,1-2H3. The summed E-state index contributed by atoms with van der Waals surface area (Å²) in [4.78, 5) is 4.28. The number of nitrogens with zero attached hydrogens (tertiary/aromatic N) is 3. The molecule has 2 rings (SSSR count). The molecule has 0 radical (unpaired) electrons. The van der Waals surface area contributed by atoms with Gasteiger partial charge in [0, 0.05) is 13.7 Å². The summed E-state index contributed by atoms with van der Waals surface area (Å²) in [6, 6.07) is 8.42. The first-order chi connectivity index (χ1) is 9.28. The topological polar surface area (TPSA) is 52.0 Å². The van der Waals surface area contributed by atoms with Crippen LogP contribution in [0.25, 0.3) is 0 Å². The highest BCUT2D eigenvalue weighted by Gasteiger charge is 2.01. The third-order valence-corrected chi connectivity index (χ3v) is 2.78. The van der Waals surface area contributed by atoms with Gasteiger partial charge in [0.05, 0.1) is 19.7 Å². The van der Waals surface area contributed by atoms with Gasteiger partial charge in [-0.2, -0.15) is 5.10 Å². The molecule has 0 bridgehead atoms. The van der Waals surface area contributed by atoms with Crippen LogP contribution in [0.15, 0.2) is 30.6 Å². The van der Waals surface area contributed by atoms with Gasteiger partial charge in [0.2, 0.25) is 0 Å².